The molecule has 0 bridgehead atoms. The van der Waals surface area contributed by atoms with Crippen LogP contribution in [0.4, 0.5) is 13.2 Å². The quantitative estimate of drug-likeness (QED) is 0.780. The lowest BCUT2D eigenvalue weighted by Gasteiger charge is -2.19. The van der Waals surface area contributed by atoms with E-state index in [1.54, 1.807) is 0 Å². The summed E-state index contributed by atoms with van der Waals surface area (Å²) in [4.78, 5) is 0. The van der Waals surface area contributed by atoms with Gasteiger partial charge in [-0.05, 0) is 37.8 Å². The summed E-state index contributed by atoms with van der Waals surface area (Å²) in [6.07, 6.45) is 2.95. The third-order valence-electron chi connectivity index (χ3n) is 3.08. The van der Waals surface area contributed by atoms with Crippen molar-refractivity contribution < 1.29 is 13.2 Å². The molecule has 94 valence electrons. The minimum absolute atomic E-state index is 0.190. The maximum atomic E-state index is 13.6. The van der Waals surface area contributed by atoms with Crippen LogP contribution in [0.3, 0.4) is 0 Å². The van der Waals surface area contributed by atoms with Crippen molar-refractivity contribution in [2.45, 2.75) is 32.2 Å². The standard InChI is InChI=1S/C13H16F3N/c1-2-5-17-13(8-3-4-8)9-6-11(15)12(16)7-10(9)14/h6-8,13,17H,2-5H2,1H3. The molecule has 0 radical (unpaired) electrons. The highest BCUT2D eigenvalue weighted by atomic mass is 19.2. The zero-order valence-corrected chi connectivity index (χ0v) is 9.77. The van der Waals surface area contributed by atoms with Crippen LogP contribution in [0.1, 0.15) is 37.8 Å². The summed E-state index contributed by atoms with van der Waals surface area (Å²) in [5.41, 5.74) is 0.250. The van der Waals surface area contributed by atoms with E-state index in [1.165, 1.54) is 0 Å². The van der Waals surface area contributed by atoms with Crippen molar-refractivity contribution >= 4 is 0 Å². The Bertz CT molecular complexity index is 402. The smallest absolute Gasteiger partial charge is 0.161 e. The molecule has 0 heterocycles. The number of hydrogen-bond donors (Lipinski definition) is 1. The monoisotopic (exact) mass is 243 g/mol. The van der Waals surface area contributed by atoms with Crippen molar-refractivity contribution in [3.8, 4) is 0 Å². The van der Waals surface area contributed by atoms with Gasteiger partial charge in [0.05, 0.1) is 0 Å². The number of halogens is 3. The van der Waals surface area contributed by atoms with E-state index in [4.69, 9.17) is 0 Å². The Morgan fingerprint density at radius 1 is 1.18 bits per heavy atom. The minimum atomic E-state index is -1.13. The van der Waals surface area contributed by atoms with E-state index in [0.717, 1.165) is 31.9 Å². The largest absolute Gasteiger partial charge is 0.310 e. The Hall–Kier alpha value is -1.03. The zero-order chi connectivity index (χ0) is 12.4. The Balaban J connectivity index is 2.25. The summed E-state index contributed by atoms with van der Waals surface area (Å²) in [5, 5.41) is 3.21. The van der Waals surface area contributed by atoms with Crippen molar-refractivity contribution in [3.63, 3.8) is 0 Å². The summed E-state index contributed by atoms with van der Waals surface area (Å²) in [7, 11) is 0. The highest BCUT2D eigenvalue weighted by Gasteiger charge is 2.33. The third-order valence-corrected chi connectivity index (χ3v) is 3.08. The van der Waals surface area contributed by atoms with Crippen molar-refractivity contribution in [3.05, 3.63) is 35.1 Å². The Kier molecular flexibility index (Phi) is 3.72. The van der Waals surface area contributed by atoms with Crippen LogP contribution < -0.4 is 5.32 Å². The lowest BCUT2D eigenvalue weighted by atomic mass is 10.0. The van der Waals surface area contributed by atoms with Gasteiger partial charge in [-0.25, -0.2) is 13.2 Å². The second-order valence-corrected chi connectivity index (χ2v) is 4.56. The number of benzene rings is 1. The van der Waals surface area contributed by atoms with Crippen LogP contribution in [0.5, 0.6) is 0 Å². The van der Waals surface area contributed by atoms with Crippen LogP contribution in [0.25, 0.3) is 0 Å². The first-order valence-corrected chi connectivity index (χ1v) is 6.01. The molecule has 0 aromatic heterocycles. The molecule has 1 aromatic carbocycles. The van der Waals surface area contributed by atoms with Crippen LogP contribution in [0.2, 0.25) is 0 Å². The normalized spacial score (nSPS) is 17.2. The average Bonchev–Trinajstić information content (AvgIpc) is 3.10. The van der Waals surface area contributed by atoms with Crippen LogP contribution in [-0.4, -0.2) is 6.54 Å². The van der Waals surface area contributed by atoms with Gasteiger partial charge in [-0.15, -0.1) is 0 Å². The van der Waals surface area contributed by atoms with Gasteiger partial charge in [0, 0.05) is 17.7 Å². The van der Waals surface area contributed by atoms with Crippen LogP contribution >= 0.6 is 0 Å². The SMILES string of the molecule is CCCNC(c1cc(F)c(F)cc1F)C1CC1. The molecule has 1 aliphatic rings. The molecule has 1 unspecified atom stereocenters. The first kappa shape index (κ1) is 12.4. The molecule has 1 N–H and O–H groups in total. The van der Waals surface area contributed by atoms with Gasteiger partial charge >= 0.3 is 0 Å². The number of hydrogen-bond acceptors (Lipinski definition) is 1. The van der Waals surface area contributed by atoms with Gasteiger partial charge in [-0.1, -0.05) is 6.92 Å². The summed E-state index contributed by atoms with van der Waals surface area (Å²) >= 11 is 0. The van der Waals surface area contributed by atoms with Gasteiger partial charge in [-0.3, -0.25) is 0 Å². The molecule has 0 saturated heterocycles. The van der Waals surface area contributed by atoms with Crippen molar-refractivity contribution in [2.24, 2.45) is 5.92 Å². The molecule has 17 heavy (non-hydrogen) atoms. The zero-order valence-electron chi connectivity index (χ0n) is 9.77. The molecule has 0 aliphatic heterocycles. The fraction of sp³-hybridized carbons (Fsp3) is 0.538. The lowest BCUT2D eigenvalue weighted by molar-refractivity contribution is 0.440. The van der Waals surface area contributed by atoms with E-state index in [9.17, 15) is 13.2 Å². The maximum Gasteiger partial charge on any atom is 0.161 e. The van der Waals surface area contributed by atoms with Gasteiger partial charge in [-0.2, -0.15) is 0 Å². The van der Waals surface area contributed by atoms with Crippen LogP contribution in [0.15, 0.2) is 12.1 Å². The number of rotatable bonds is 5. The van der Waals surface area contributed by atoms with E-state index in [1.807, 2.05) is 6.92 Å². The molecule has 0 amide bonds. The second-order valence-electron chi connectivity index (χ2n) is 4.56. The third kappa shape index (κ3) is 2.80. The molecule has 1 nitrogen and oxygen atoms in total. The second kappa shape index (κ2) is 5.08. The van der Waals surface area contributed by atoms with Gasteiger partial charge in [0.2, 0.25) is 0 Å². The highest BCUT2D eigenvalue weighted by Crippen LogP contribution is 2.42. The molecule has 0 spiro atoms. The van der Waals surface area contributed by atoms with Crippen LogP contribution in [0, 0.1) is 23.4 Å². The van der Waals surface area contributed by atoms with Gasteiger partial charge < -0.3 is 5.32 Å². The van der Waals surface area contributed by atoms with Crippen LogP contribution in [-0.2, 0) is 0 Å². The fourth-order valence-corrected chi connectivity index (χ4v) is 2.04. The molecule has 1 saturated carbocycles. The maximum absolute atomic E-state index is 13.6. The fourth-order valence-electron chi connectivity index (χ4n) is 2.04. The van der Waals surface area contributed by atoms with Crippen molar-refractivity contribution in [1.82, 2.24) is 5.32 Å². The summed E-state index contributed by atoms with van der Waals surface area (Å²) in [6, 6.07) is 1.43. The minimum Gasteiger partial charge on any atom is -0.310 e. The lowest BCUT2D eigenvalue weighted by Crippen LogP contribution is -2.25. The molecular formula is C13H16F3N. The van der Waals surface area contributed by atoms with E-state index >= 15 is 0 Å². The molecule has 4 heteroatoms. The number of nitrogens with one attached hydrogen (secondary N) is 1. The predicted molar refractivity (Wildman–Crippen MR) is 60.1 cm³/mol. The Morgan fingerprint density at radius 3 is 2.41 bits per heavy atom. The van der Waals surface area contributed by atoms with Crippen molar-refractivity contribution in [1.29, 1.82) is 0 Å². The molecule has 1 fully saturated rings. The summed E-state index contributed by atoms with van der Waals surface area (Å²) < 4.78 is 39.7. The van der Waals surface area contributed by atoms with E-state index in [-0.39, 0.29) is 11.6 Å². The first-order chi connectivity index (χ1) is 8.13. The molecule has 1 aliphatic carbocycles. The average molecular weight is 243 g/mol. The highest BCUT2D eigenvalue weighted by molar-refractivity contribution is 5.25. The van der Waals surface area contributed by atoms with E-state index in [0.29, 0.717) is 12.0 Å². The van der Waals surface area contributed by atoms with Gasteiger partial charge in [0.15, 0.2) is 11.6 Å². The van der Waals surface area contributed by atoms with Gasteiger partial charge in [0.25, 0.3) is 0 Å². The predicted octanol–water partition coefficient (Wildman–Crippen LogP) is 3.55. The van der Waals surface area contributed by atoms with Crippen molar-refractivity contribution in [2.75, 3.05) is 6.54 Å². The Morgan fingerprint density at radius 2 is 1.82 bits per heavy atom. The van der Waals surface area contributed by atoms with E-state index < -0.39 is 17.5 Å². The summed E-state index contributed by atoms with van der Waals surface area (Å²) in [6.45, 7) is 2.76. The molecular weight excluding hydrogens is 227 g/mol. The molecule has 2 rings (SSSR count). The molecule has 1 aromatic rings. The summed E-state index contributed by atoms with van der Waals surface area (Å²) in [5.74, 6) is -2.42. The molecule has 1 atom stereocenters. The topological polar surface area (TPSA) is 12.0 Å². The Labute approximate surface area is 99.0 Å². The van der Waals surface area contributed by atoms with E-state index in [2.05, 4.69) is 5.32 Å². The van der Waals surface area contributed by atoms with Gasteiger partial charge in [0.1, 0.15) is 5.82 Å². The first-order valence-electron chi connectivity index (χ1n) is 6.01.